The van der Waals surface area contributed by atoms with Gasteiger partial charge in [0.05, 0.1) is 0 Å². The van der Waals surface area contributed by atoms with Gasteiger partial charge in [-0.15, -0.1) is 0 Å². The largest absolute Gasteiger partial charge is 0.343 e. The van der Waals surface area contributed by atoms with Crippen LogP contribution in [0.3, 0.4) is 0 Å². The maximum atomic E-state index is 11.1. The van der Waals surface area contributed by atoms with Crippen molar-refractivity contribution in [3.05, 3.63) is 0 Å². The second kappa shape index (κ2) is 3.69. The number of rotatable bonds is 2. The predicted octanol–water partition coefficient (Wildman–Crippen LogP) is 2.49. The molecule has 0 spiro atoms. The van der Waals surface area contributed by atoms with Gasteiger partial charge in [-0.25, -0.2) is 0 Å². The summed E-state index contributed by atoms with van der Waals surface area (Å²) in [5, 5.41) is 3.61. The smallest absolute Gasteiger partial charge is 0.279 e. The van der Waals surface area contributed by atoms with Crippen LogP contribution < -0.4 is 5.32 Å². The van der Waals surface area contributed by atoms with E-state index in [0.717, 1.165) is 0 Å². The summed E-state index contributed by atoms with van der Waals surface area (Å²) in [6.45, 7) is 8.67. The highest BCUT2D eigenvalue weighted by Crippen LogP contribution is 2.32. The normalized spacial score (nSPS) is 30.0. The van der Waals surface area contributed by atoms with Crippen LogP contribution in [0.25, 0.3) is 0 Å². The van der Waals surface area contributed by atoms with E-state index < -0.39 is 0 Å². The van der Waals surface area contributed by atoms with Crippen molar-refractivity contribution < 1.29 is 4.79 Å². The summed E-state index contributed by atoms with van der Waals surface area (Å²) in [5.41, 5.74) is 0. The summed E-state index contributed by atoms with van der Waals surface area (Å²) in [5.74, 6) is 1.11. The molecule has 1 aliphatic heterocycles. The van der Waals surface area contributed by atoms with Crippen molar-refractivity contribution in [1.29, 1.82) is 0 Å². The van der Waals surface area contributed by atoms with Crippen LogP contribution in [0.1, 0.15) is 27.7 Å². The van der Waals surface area contributed by atoms with E-state index in [4.69, 9.17) is 0 Å². The summed E-state index contributed by atoms with van der Waals surface area (Å²) >= 11 is 1.46. The zero-order valence-corrected chi connectivity index (χ0v) is 8.94. The van der Waals surface area contributed by atoms with E-state index in [1.807, 2.05) is 0 Å². The van der Waals surface area contributed by atoms with E-state index >= 15 is 0 Å². The SMILES string of the molecule is CC(C)C1NC(=O)SC1C(C)C. The molecule has 0 aliphatic carbocycles. The van der Waals surface area contributed by atoms with Crippen LogP contribution in [-0.2, 0) is 0 Å². The number of nitrogens with one attached hydrogen (secondary N) is 1. The fraction of sp³-hybridized carbons (Fsp3) is 0.889. The molecule has 0 bridgehead atoms. The third kappa shape index (κ3) is 1.94. The van der Waals surface area contributed by atoms with Gasteiger partial charge < -0.3 is 5.32 Å². The molecule has 0 saturated carbocycles. The van der Waals surface area contributed by atoms with Gasteiger partial charge >= 0.3 is 0 Å². The topological polar surface area (TPSA) is 29.1 Å². The van der Waals surface area contributed by atoms with E-state index in [1.165, 1.54) is 11.8 Å². The molecule has 0 radical (unpaired) electrons. The lowest BCUT2D eigenvalue weighted by Gasteiger charge is -2.23. The highest BCUT2D eigenvalue weighted by molar-refractivity contribution is 8.14. The molecule has 3 heteroatoms. The van der Waals surface area contributed by atoms with E-state index in [1.54, 1.807) is 0 Å². The summed E-state index contributed by atoms with van der Waals surface area (Å²) in [7, 11) is 0. The Morgan fingerprint density at radius 3 is 2.17 bits per heavy atom. The van der Waals surface area contributed by atoms with Gasteiger partial charge in [0.25, 0.3) is 5.24 Å². The molecular weight excluding hydrogens is 170 g/mol. The lowest BCUT2D eigenvalue weighted by atomic mass is 9.94. The maximum Gasteiger partial charge on any atom is 0.279 e. The Morgan fingerprint density at radius 2 is 1.83 bits per heavy atom. The molecule has 1 fully saturated rings. The van der Waals surface area contributed by atoms with Crippen molar-refractivity contribution in [2.24, 2.45) is 11.8 Å². The Kier molecular flexibility index (Phi) is 3.04. The number of thioether (sulfide) groups is 1. The van der Waals surface area contributed by atoms with Gasteiger partial charge in [-0.1, -0.05) is 39.5 Å². The van der Waals surface area contributed by atoms with Crippen LogP contribution in [0, 0.1) is 11.8 Å². The quantitative estimate of drug-likeness (QED) is 0.719. The minimum Gasteiger partial charge on any atom is -0.343 e. The fourth-order valence-electron chi connectivity index (χ4n) is 1.55. The van der Waals surface area contributed by atoms with Crippen LogP contribution in [0.4, 0.5) is 4.79 Å². The van der Waals surface area contributed by atoms with Gasteiger partial charge in [-0.2, -0.15) is 0 Å². The van der Waals surface area contributed by atoms with E-state index in [2.05, 4.69) is 33.0 Å². The van der Waals surface area contributed by atoms with Gasteiger partial charge in [0.1, 0.15) is 0 Å². The first-order valence-electron chi connectivity index (χ1n) is 4.49. The van der Waals surface area contributed by atoms with E-state index in [-0.39, 0.29) is 5.24 Å². The van der Waals surface area contributed by atoms with Gasteiger partial charge in [0, 0.05) is 11.3 Å². The van der Waals surface area contributed by atoms with Crippen molar-refractivity contribution in [3.8, 4) is 0 Å². The standard InChI is InChI=1S/C9H17NOS/c1-5(2)7-8(6(3)4)12-9(11)10-7/h5-8H,1-4H3,(H,10,11). The monoisotopic (exact) mass is 187 g/mol. The minimum absolute atomic E-state index is 0.146. The van der Waals surface area contributed by atoms with Crippen LogP contribution >= 0.6 is 11.8 Å². The second-order valence-electron chi connectivity index (χ2n) is 4.03. The average Bonchev–Trinajstić information content (AvgIpc) is 2.31. The van der Waals surface area contributed by atoms with Gasteiger partial charge in [0.2, 0.25) is 0 Å². The number of hydrogen-bond donors (Lipinski definition) is 1. The van der Waals surface area contributed by atoms with E-state index in [0.29, 0.717) is 23.1 Å². The Labute approximate surface area is 78.5 Å². The minimum atomic E-state index is 0.146. The Morgan fingerprint density at radius 1 is 1.25 bits per heavy atom. The molecule has 1 N–H and O–H groups in total. The molecular formula is C9H17NOS. The van der Waals surface area contributed by atoms with Crippen LogP contribution in [0.15, 0.2) is 0 Å². The maximum absolute atomic E-state index is 11.1. The molecule has 1 aliphatic rings. The fourth-order valence-corrected chi connectivity index (χ4v) is 2.80. The molecule has 1 heterocycles. The average molecular weight is 187 g/mol. The van der Waals surface area contributed by atoms with Crippen molar-refractivity contribution in [2.45, 2.75) is 39.0 Å². The van der Waals surface area contributed by atoms with Gasteiger partial charge in [0.15, 0.2) is 0 Å². The summed E-state index contributed by atoms with van der Waals surface area (Å²) < 4.78 is 0. The molecule has 70 valence electrons. The van der Waals surface area contributed by atoms with Crippen molar-refractivity contribution in [3.63, 3.8) is 0 Å². The number of amides is 1. The van der Waals surface area contributed by atoms with E-state index in [9.17, 15) is 4.79 Å². The molecule has 0 aromatic carbocycles. The molecule has 0 aromatic rings. The molecule has 2 nitrogen and oxygen atoms in total. The van der Waals surface area contributed by atoms with Crippen molar-refractivity contribution >= 4 is 17.0 Å². The van der Waals surface area contributed by atoms with Crippen LogP contribution in [0.5, 0.6) is 0 Å². The zero-order valence-electron chi connectivity index (χ0n) is 8.13. The van der Waals surface area contributed by atoms with Crippen molar-refractivity contribution in [1.82, 2.24) is 5.32 Å². The number of carbonyl (C=O) groups excluding carboxylic acids is 1. The molecule has 1 rings (SSSR count). The summed E-state index contributed by atoms with van der Waals surface area (Å²) in [6.07, 6.45) is 0. The van der Waals surface area contributed by atoms with Crippen molar-refractivity contribution in [2.75, 3.05) is 0 Å². The number of hydrogen-bond acceptors (Lipinski definition) is 2. The first-order valence-corrected chi connectivity index (χ1v) is 5.37. The Hall–Kier alpha value is -0.180. The van der Waals surface area contributed by atoms with Crippen LogP contribution in [0.2, 0.25) is 0 Å². The Bertz CT molecular complexity index is 161. The predicted molar refractivity (Wildman–Crippen MR) is 53.4 cm³/mol. The highest BCUT2D eigenvalue weighted by atomic mass is 32.2. The van der Waals surface area contributed by atoms with Gasteiger partial charge in [-0.3, -0.25) is 4.79 Å². The lowest BCUT2D eigenvalue weighted by molar-refractivity contribution is 0.255. The second-order valence-corrected chi connectivity index (χ2v) is 5.18. The molecule has 12 heavy (non-hydrogen) atoms. The third-order valence-electron chi connectivity index (χ3n) is 2.26. The lowest BCUT2D eigenvalue weighted by Crippen LogP contribution is -2.38. The highest BCUT2D eigenvalue weighted by Gasteiger charge is 2.36. The van der Waals surface area contributed by atoms with Gasteiger partial charge in [-0.05, 0) is 11.8 Å². The zero-order chi connectivity index (χ0) is 9.30. The summed E-state index contributed by atoms with van der Waals surface area (Å²) in [4.78, 5) is 11.1. The molecule has 0 aromatic heterocycles. The van der Waals surface area contributed by atoms with Crippen LogP contribution in [-0.4, -0.2) is 16.5 Å². The third-order valence-corrected chi connectivity index (χ3v) is 3.70. The Balaban J connectivity index is 2.65. The molecule has 1 amide bonds. The molecule has 2 unspecified atom stereocenters. The molecule has 1 saturated heterocycles. The number of carbonyl (C=O) groups is 1. The summed E-state index contributed by atoms with van der Waals surface area (Å²) in [6, 6.07) is 0.363. The molecule has 2 atom stereocenters. The first-order chi connectivity index (χ1) is 5.52. The first kappa shape index (κ1) is 9.90.